The van der Waals surface area contributed by atoms with Crippen molar-refractivity contribution < 1.29 is 0 Å². The van der Waals surface area contributed by atoms with E-state index in [4.69, 9.17) is 0 Å². The van der Waals surface area contributed by atoms with Gasteiger partial charge in [-0.2, -0.15) is 0 Å². The molecule has 8 nitrogen and oxygen atoms in total. The lowest BCUT2D eigenvalue weighted by molar-refractivity contribution is 0.375. The summed E-state index contributed by atoms with van der Waals surface area (Å²) in [5, 5.41) is 0.327. The van der Waals surface area contributed by atoms with Crippen LogP contribution in [0.1, 0.15) is 0 Å². The Hall–Kier alpha value is -2.87. The lowest BCUT2D eigenvalue weighted by Gasteiger charge is -2.13. The summed E-state index contributed by atoms with van der Waals surface area (Å²) in [6, 6.07) is 3.55. The fraction of sp³-hybridized carbons (Fsp3) is 0.312. The lowest BCUT2D eigenvalue weighted by atomic mass is 10.2. The highest BCUT2D eigenvalue weighted by molar-refractivity contribution is 5.75. The van der Waals surface area contributed by atoms with Gasteiger partial charge in [-0.15, -0.1) is 0 Å². The summed E-state index contributed by atoms with van der Waals surface area (Å²) in [6.45, 7) is 0.914. The zero-order chi connectivity index (χ0) is 17.3. The molecule has 0 N–H and O–H groups in total. The van der Waals surface area contributed by atoms with Gasteiger partial charge < -0.3 is 4.90 Å². The molecule has 0 aliphatic heterocycles. The first-order valence-corrected chi connectivity index (χ1v) is 7.50. The number of likely N-dealkylation sites (N-methyl/N-ethyl adjacent to an activating group) is 1. The largest absolute Gasteiger partial charge is 0.332 e. The molecule has 0 aliphatic rings. The van der Waals surface area contributed by atoms with Gasteiger partial charge in [0.25, 0.3) is 5.56 Å². The van der Waals surface area contributed by atoms with Crippen LogP contribution in [0.3, 0.4) is 0 Å². The molecule has 0 saturated heterocycles. The standard InChI is InChI=1S/C16H18N6O2/c1-20(2)8-9-22-15(23)12-10-18-13(11-4-6-17-7-5-11)19-14(12)21(3)16(22)24/h4-7,10H,8-9H2,1-3H3. The summed E-state index contributed by atoms with van der Waals surface area (Å²) in [5.41, 5.74) is 0.356. The molecule has 0 atom stereocenters. The number of aryl methyl sites for hydroxylation is 1. The first-order valence-electron chi connectivity index (χ1n) is 7.50. The van der Waals surface area contributed by atoms with E-state index in [1.807, 2.05) is 19.0 Å². The molecule has 24 heavy (non-hydrogen) atoms. The van der Waals surface area contributed by atoms with E-state index >= 15 is 0 Å². The molecule has 124 valence electrons. The van der Waals surface area contributed by atoms with Crippen molar-refractivity contribution in [2.24, 2.45) is 7.05 Å². The second kappa shape index (κ2) is 6.32. The van der Waals surface area contributed by atoms with Gasteiger partial charge in [0, 0.05) is 44.3 Å². The van der Waals surface area contributed by atoms with E-state index in [0.29, 0.717) is 29.9 Å². The van der Waals surface area contributed by atoms with Crippen molar-refractivity contribution in [1.82, 2.24) is 29.0 Å². The smallest absolute Gasteiger partial charge is 0.308 e. The van der Waals surface area contributed by atoms with Crippen molar-refractivity contribution in [2.45, 2.75) is 6.54 Å². The van der Waals surface area contributed by atoms with E-state index < -0.39 is 0 Å². The van der Waals surface area contributed by atoms with Crippen LogP contribution in [-0.2, 0) is 13.6 Å². The third-order valence-electron chi connectivity index (χ3n) is 3.79. The van der Waals surface area contributed by atoms with E-state index in [1.165, 1.54) is 15.3 Å². The third-order valence-corrected chi connectivity index (χ3v) is 3.79. The summed E-state index contributed by atoms with van der Waals surface area (Å²) in [7, 11) is 5.39. The Morgan fingerprint density at radius 2 is 1.88 bits per heavy atom. The van der Waals surface area contributed by atoms with Crippen molar-refractivity contribution in [3.8, 4) is 11.4 Å². The predicted molar refractivity (Wildman–Crippen MR) is 90.8 cm³/mol. The number of fused-ring (bicyclic) bond motifs is 1. The van der Waals surface area contributed by atoms with Gasteiger partial charge in [-0.1, -0.05) is 0 Å². The van der Waals surface area contributed by atoms with Crippen LogP contribution in [0, 0.1) is 0 Å². The van der Waals surface area contributed by atoms with Crippen LogP contribution in [0.25, 0.3) is 22.4 Å². The molecule has 3 aromatic rings. The number of hydrogen-bond donors (Lipinski definition) is 0. The third kappa shape index (κ3) is 2.83. The quantitative estimate of drug-likeness (QED) is 0.677. The first kappa shape index (κ1) is 16.0. The Kier molecular flexibility index (Phi) is 4.22. The van der Waals surface area contributed by atoms with Crippen LogP contribution in [0.2, 0.25) is 0 Å². The monoisotopic (exact) mass is 326 g/mol. The van der Waals surface area contributed by atoms with Crippen LogP contribution in [-0.4, -0.2) is 49.6 Å². The minimum absolute atomic E-state index is 0.320. The highest BCUT2D eigenvalue weighted by Gasteiger charge is 2.14. The Labute approximate surface area is 138 Å². The Balaban J connectivity index is 2.19. The molecule has 0 saturated carbocycles. The van der Waals surface area contributed by atoms with Gasteiger partial charge in [0.05, 0.1) is 0 Å². The van der Waals surface area contributed by atoms with Gasteiger partial charge in [0.15, 0.2) is 11.5 Å². The number of pyridine rings is 1. The topological polar surface area (TPSA) is 85.9 Å². The summed E-state index contributed by atoms with van der Waals surface area (Å²) in [6.07, 6.45) is 4.76. The van der Waals surface area contributed by atoms with E-state index in [0.717, 1.165) is 5.56 Å². The number of hydrogen-bond acceptors (Lipinski definition) is 6. The molecular formula is C16H18N6O2. The van der Waals surface area contributed by atoms with Crippen LogP contribution in [0.4, 0.5) is 0 Å². The van der Waals surface area contributed by atoms with Crippen molar-refractivity contribution >= 4 is 11.0 Å². The fourth-order valence-electron chi connectivity index (χ4n) is 2.42. The maximum atomic E-state index is 12.6. The van der Waals surface area contributed by atoms with Crippen LogP contribution in [0.5, 0.6) is 0 Å². The predicted octanol–water partition coefficient (Wildman–Crippen LogP) is 0.114. The summed E-state index contributed by atoms with van der Waals surface area (Å²) in [5.74, 6) is 0.449. The maximum absolute atomic E-state index is 12.6. The molecule has 3 aromatic heterocycles. The Morgan fingerprint density at radius 3 is 2.54 bits per heavy atom. The highest BCUT2D eigenvalue weighted by atomic mass is 16.2. The molecule has 0 amide bonds. The number of rotatable bonds is 4. The van der Waals surface area contributed by atoms with Crippen LogP contribution < -0.4 is 11.2 Å². The van der Waals surface area contributed by atoms with Crippen LogP contribution in [0.15, 0.2) is 40.3 Å². The van der Waals surface area contributed by atoms with Crippen molar-refractivity contribution in [2.75, 3.05) is 20.6 Å². The number of aromatic nitrogens is 5. The molecule has 0 unspecified atom stereocenters. The maximum Gasteiger partial charge on any atom is 0.332 e. The summed E-state index contributed by atoms with van der Waals surface area (Å²) in [4.78, 5) is 39.6. The molecule has 0 aromatic carbocycles. The second-order valence-electron chi connectivity index (χ2n) is 5.77. The van der Waals surface area contributed by atoms with Gasteiger partial charge in [-0.3, -0.25) is 18.9 Å². The molecule has 3 rings (SSSR count). The summed E-state index contributed by atoms with van der Waals surface area (Å²) >= 11 is 0. The molecule has 0 radical (unpaired) electrons. The van der Waals surface area contributed by atoms with Gasteiger partial charge in [0.2, 0.25) is 0 Å². The lowest BCUT2D eigenvalue weighted by Crippen LogP contribution is -2.41. The molecular weight excluding hydrogens is 308 g/mol. The SMILES string of the molecule is CN(C)CCn1c(=O)c2cnc(-c3ccncc3)nc2n(C)c1=O. The van der Waals surface area contributed by atoms with Crippen molar-refractivity contribution in [1.29, 1.82) is 0 Å². The fourth-order valence-corrected chi connectivity index (χ4v) is 2.42. The van der Waals surface area contributed by atoms with E-state index in [2.05, 4.69) is 15.0 Å². The minimum atomic E-state index is -0.381. The molecule has 8 heteroatoms. The van der Waals surface area contributed by atoms with Crippen LogP contribution >= 0.6 is 0 Å². The molecule has 0 spiro atoms. The van der Waals surface area contributed by atoms with E-state index in [-0.39, 0.29) is 11.2 Å². The van der Waals surface area contributed by atoms with Crippen molar-refractivity contribution in [3.63, 3.8) is 0 Å². The minimum Gasteiger partial charge on any atom is -0.308 e. The highest BCUT2D eigenvalue weighted by Crippen LogP contribution is 2.14. The van der Waals surface area contributed by atoms with Gasteiger partial charge in [-0.05, 0) is 26.2 Å². The van der Waals surface area contributed by atoms with E-state index in [1.54, 1.807) is 31.6 Å². The number of nitrogens with zero attached hydrogens (tertiary/aromatic N) is 6. The zero-order valence-corrected chi connectivity index (χ0v) is 13.8. The Bertz CT molecular complexity index is 991. The zero-order valence-electron chi connectivity index (χ0n) is 13.8. The molecule has 0 fully saturated rings. The Morgan fingerprint density at radius 1 is 1.17 bits per heavy atom. The van der Waals surface area contributed by atoms with Gasteiger partial charge in [-0.25, -0.2) is 14.8 Å². The summed E-state index contributed by atoms with van der Waals surface area (Å²) < 4.78 is 2.61. The van der Waals surface area contributed by atoms with Gasteiger partial charge >= 0.3 is 5.69 Å². The average molecular weight is 326 g/mol. The molecule has 3 heterocycles. The average Bonchev–Trinajstić information content (AvgIpc) is 2.60. The van der Waals surface area contributed by atoms with Crippen molar-refractivity contribution in [3.05, 3.63) is 51.6 Å². The first-order chi connectivity index (χ1) is 11.5. The van der Waals surface area contributed by atoms with E-state index in [9.17, 15) is 9.59 Å². The second-order valence-corrected chi connectivity index (χ2v) is 5.77. The normalized spacial score (nSPS) is 11.3. The van der Waals surface area contributed by atoms with Gasteiger partial charge in [0.1, 0.15) is 5.39 Å². The molecule has 0 aliphatic carbocycles. The molecule has 0 bridgehead atoms.